The van der Waals surface area contributed by atoms with Crippen molar-refractivity contribution in [3.63, 3.8) is 0 Å². The van der Waals surface area contributed by atoms with Gasteiger partial charge in [0.1, 0.15) is 11.6 Å². The molecule has 2 aromatic heterocycles. The van der Waals surface area contributed by atoms with Gasteiger partial charge in [-0.15, -0.1) is 29.3 Å². The number of rotatable bonds is 8. The Morgan fingerprint density at radius 2 is 1.28 bits per heavy atom. The second-order valence-electron chi connectivity index (χ2n) is 19.7. The zero-order valence-corrected chi connectivity index (χ0v) is 41.4. The quantitative estimate of drug-likeness (QED) is 0.154. The molecule has 0 aliphatic heterocycles. The minimum absolute atomic E-state index is 0. The molecular weight excluding hydrogens is 962 g/mol. The first-order chi connectivity index (χ1) is 31.6. The Labute approximate surface area is 403 Å². The van der Waals surface area contributed by atoms with E-state index in [-0.39, 0.29) is 43.2 Å². The summed E-state index contributed by atoms with van der Waals surface area (Å²) >= 11 is 0. The molecule has 0 saturated heterocycles. The number of fused-ring (bicyclic) bond motifs is 1. The number of phenolic OH excluding ortho intramolecular Hbond substituents is 1. The van der Waals surface area contributed by atoms with Crippen molar-refractivity contribution in [1.82, 2.24) is 14.5 Å². The molecule has 6 aromatic carbocycles. The molecule has 0 atom stereocenters. The number of hydrogen-bond donors (Lipinski definition) is 1. The van der Waals surface area contributed by atoms with Gasteiger partial charge in [0.05, 0.1) is 22.3 Å². The van der Waals surface area contributed by atoms with Gasteiger partial charge in [0.2, 0.25) is 0 Å². The third kappa shape index (κ3) is 9.18. The standard InChI is InChI=1S/C59H62N3O.Pt/c1-35(2)43-28-44(36(3)4)30-45(29-43)41-19-22-53(38(6)27-41)62-54-16-14-15-50(55(54)61-57(62)51-26-37(5)25-39(7)56(51)63)46-31-47(33-49(32-46)59(11,12)13)52-34-42(23-24-60-52)40-17-20-48(21-18-40)58(8,9)10;/h14-30,32-36,63H,1-13H3;/q-1;/i6D3,35D,36D;. The molecule has 5 heteroatoms. The van der Waals surface area contributed by atoms with Gasteiger partial charge in [0.25, 0.3) is 0 Å². The maximum Gasteiger partial charge on any atom is 0.148 e. The van der Waals surface area contributed by atoms with E-state index < -0.39 is 18.6 Å². The number of pyridine rings is 1. The van der Waals surface area contributed by atoms with E-state index in [0.29, 0.717) is 39.2 Å². The Morgan fingerprint density at radius 3 is 1.92 bits per heavy atom. The summed E-state index contributed by atoms with van der Waals surface area (Å²) in [5.41, 5.74) is 14.2. The molecule has 0 fully saturated rings. The van der Waals surface area contributed by atoms with Gasteiger partial charge in [-0.05, 0) is 129 Å². The topological polar surface area (TPSA) is 50.9 Å². The van der Waals surface area contributed by atoms with Crippen molar-refractivity contribution in [1.29, 1.82) is 0 Å². The first-order valence-electron chi connectivity index (χ1n) is 24.4. The van der Waals surface area contributed by atoms with Gasteiger partial charge in [-0.3, -0.25) is 9.55 Å². The van der Waals surface area contributed by atoms with E-state index in [1.165, 1.54) is 5.56 Å². The van der Waals surface area contributed by atoms with Crippen molar-refractivity contribution in [3.05, 3.63) is 166 Å². The first kappa shape index (κ1) is 40.0. The van der Waals surface area contributed by atoms with Crippen molar-refractivity contribution in [3.8, 4) is 67.5 Å². The van der Waals surface area contributed by atoms with Crippen LogP contribution in [0.1, 0.15) is 127 Å². The van der Waals surface area contributed by atoms with Crippen molar-refractivity contribution in [2.75, 3.05) is 0 Å². The maximum atomic E-state index is 11.8. The van der Waals surface area contributed by atoms with Crippen molar-refractivity contribution in [2.45, 2.75) is 113 Å². The summed E-state index contributed by atoms with van der Waals surface area (Å²) < 4.78 is 46.6. The van der Waals surface area contributed by atoms with Crippen LogP contribution in [0.4, 0.5) is 0 Å². The van der Waals surface area contributed by atoms with Crippen molar-refractivity contribution in [2.24, 2.45) is 0 Å². The normalized spacial score (nSPS) is 13.7. The molecule has 0 aliphatic rings. The average molecular weight is 1030 g/mol. The van der Waals surface area contributed by atoms with Crippen LogP contribution in [-0.4, -0.2) is 19.6 Å². The van der Waals surface area contributed by atoms with Crippen LogP contribution in [0.5, 0.6) is 5.75 Å². The van der Waals surface area contributed by atoms with Gasteiger partial charge in [0, 0.05) is 39.8 Å². The molecule has 1 N–H and O–H groups in total. The molecule has 0 amide bonds. The second kappa shape index (κ2) is 17.8. The zero-order chi connectivity index (χ0) is 49.5. The minimum atomic E-state index is -2.58. The molecule has 0 radical (unpaired) electrons. The van der Waals surface area contributed by atoms with E-state index in [4.69, 9.17) is 16.8 Å². The molecule has 2 heterocycles. The summed E-state index contributed by atoms with van der Waals surface area (Å²) in [6, 6.07) is 41.8. The predicted octanol–water partition coefficient (Wildman–Crippen LogP) is 16.0. The van der Waals surface area contributed by atoms with Gasteiger partial charge in [0.15, 0.2) is 0 Å². The fourth-order valence-electron chi connectivity index (χ4n) is 8.36. The molecule has 0 unspecified atom stereocenters. The number of nitrogens with zero attached hydrogens (tertiary/aromatic N) is 3. The number of hydrogen-bond acceptors (Lipinski definition) is 3. The second-order valence-corrected chi connectivity index (χ2v) is 19.7. The maximum absolute atomic E-state index is 11.8. The molecule has 8 aromatic rings. The van der Waals surface area contributed by atoms with Crippen LogP contribution >= 0.6 is 0 Å². The van der Waals surface area contributed by atoms with E-state index in [2.05, 4.69) is 90.1 Å². The minimum Gasteiger partial charge on any atom is -0.507 e. The fourth-order valence-corrected chi connectivity index (χ4v) is 8.36. The summed E-state index contributed by atoms with van der Waals surface area (Å²) in [7, 11) is 0. The van der Waals surface area contributed by atoms with Crippen LogP contribution in [0.15, 0.2) is 121 Å². The number of aromatic nitrogens is 3. The van der Waals surface area contributed by atoms with Crippen LogP contribution in [0, 0.1) is 26.8 Å². The average Bonchev–Trinajstić information content (AvgIpc) is 3.65. The number of aromatic hydroxyl groups is 1. The Morgan fingerprint density at radius 1 is 0.641 bits per heavy atom. The summed E-state index contributed by atoms with van der Waals surface area (Å²) in [5.74, 6) is -1.46. The first-order valence-corrected chi connectivity index (χ1v) is 21.9. The van der Waals surface area contributed by atoms with E-state index in [0.717, 1.165) is 61.3 Å². The number of phenols is 1. The Hall–Kier alpha value is -5.57. The summed E-state index contributed by atoms with van der Waals surface area (Å²) in [6.07, 6.45) is 1.85. The number of aryl methyl sites for hydroxylation is 3. The van der Waals surface area contributed by atoms with E-state index in [9.17, 15) is 5.11 Å². The van der Waals surface area contributed by atoms with Crippen LogP contribution in [-0.2, 0) is 31.9 Å². The van der Waals surface area contributed by atoms with Gasteiger partial charge in [-0.25, -0.2) is 4.98 Å². The van der Waals surface area contributed by atoms with Gasteiger partial charge >= 0.3 is 0 Å². The van der Waals surface area contributed by atoms with Crippen molar-refractivity contribution < 1.29 is 33.0 Å². The summed E-state index contributed by atoms with van der Waals surface area (Å²) in [5, 5.41) is 11.8. The third-order valence-electron chi connectivity index (χ3n) is 12.2. The van der Waals surface area contributed by atoms with E-state index >= 15 is 0 Å². The Kier molecular flexibility index (Phi) is 11.1. The van der Waals surface area contributed by atoms with E-state index in [1.54, 1.807) is 6.07 Å². The third-order valence-corrected chi connectivity index (χ3v) is 12.2. The van der Waals surface area contributed by atoms with Gasteiger partial charge < -0.3 is 5.11 Å². The molecule has 8 rings (SSSR count). The monoisotopic (exact) mass is 1030 g/mol. The van der Waals surface area contributed by atoms with E-state index in [1.807, 2.05) is 119 Å². The number of benzene rings is 6. The van der Waals surface area contributed by atoms with Crippen LogP contribution in [0.25, 0.3) is 72.7 Å². The molecule has 330 valence electrons. The Balaban J connectivity index is 0.00000703. The van der Waals surface area contributed by atoms with Crippen LogP contribution < -0.4 is 0 Å². The number of imidazole rings is 1. The molecular formula is C59H62N3OPt-. The summed E-state index contributed by atoms with van der Waals surface area (Å²) in [4.78, 5) is 10.3. The molecule has 4 nitrogen and oxygen atoms in total. The largest absolute Gasteiger partial charge is 0.507 e. The van der Waals surface area contributed by atoms with Gasteiger partial charge in [-0.1, -0.05) is 153 Å². The molecule has 0 bridgehead atoms. The SMILES string of the molecule is [2H]C([2H])([2H])c1cc(-c2cc(C([2H])(C)C)cc(C([2H])(C)C)c2)ccc1-n1c(-c2cc(C)cc(C)c2O)nc2c(-c3[c-]c(-c4cc(-c5ccc(C(C)(C)C)cc5)ccn4)cc(C(C)(C)C)c3)cccc21.[Pt]. The Bertz CT molecular complexity index is 3200. The predicted molar refractivity (Wildman–Crippen MR) is 266 cm³/mol. The molecule has 64 heavy (non-hydrogen) atoms. The molecule has 0 spiro atoms. The zero-order valence-electron chi connectivity index (χ0n) is 44.2. The van der Waals surface area contributed by atoms with Gasteiger partial charge in [-0.2, -0.15) is 0 Å². The van der Waals surface area contributed by atoms with Crippen molar-refractivity contribution >= 4 is 11.0 Å². The smallest absolute Gasteiger partial charge is 0.148 e. The number of para-hydroxylation sites is 1. The summed E-state index contributed by atoms with van der Waals surface area (Å²) in [6.45, 7) is 21.7. The van der Waals surface area contributed by atoms with Crippen LogP contribution in [0.2, 0.25) is 0 Å². The molecule has 0 aliphatic carbocycles. The molecule has 0 saturated carbocycles. The fraction of sp³-hybridized carbons (Fsp3) is 0.288. The van der Waals surface area contributed by atoms with Crippen LogP contribution in [0.3, 0.4) is 0 Å².